The minimum absolute atomic E-state index is 0.0175. The topological polar surface area (TPSA) is 70.4 Å². The molecule has 0 aliphatic carbocycles. The molecule has 0 N–H and O–H groups in total. The molecule has 0 fully saturated rings. The van der Waals surface area contributed by atoms with Crippen LogP contribution in [0.2, 0.25) is 0 Å². The fourth-order valence-corrected chi connectivity index (χ4v) is 1.33. The number of carbonyl (C=O) groups excluding carboxylic acids is 2. The molecule has 0 saturated carbocycles. The maximum Gasteiger partial charge on any atom is 0.359 e. The van der Waals surface area contributed by atoms with E-state index in [1.165, 1.54) is 4.68 Å². The fraction of sp³-hybridized carbons (Fsp3) is 0.615. The third-order valence-corrected chi connectivity index (χ3v) is 2.35. The highest BCUT2D eigenvalue weighted by molar-refractivity contribution is 5.88. The summed E-state index contributed by atoms with van der Waals surface area (Å²) in [5.74, 6) is -0.792. The molecule has 0 aliphatic rings. The van der Waals surface area contributed by atoms with Crippen LogP contribution < -0.4 is 0 Å². The first-order valence-corrected chi connectivity index (χ1v) is 6.14. The number of ether oxygens (including phenoxy) is 2. The molecule has 0 bridgehead atoms. The minimum atomic E-state index is -0.563. The van der Waals surface area contributed by atoms with E-state index in [-0.39, 0.29) is 18.4 Å². The molecule has 1 heterocycles. The van der Waals surface area contributed by atoms with Crippen molar-refractivity contribution >= 4 is 11.9 Å². The Morgan fingerprint density at radius 1 is 1.32 bits per heavy atom. The van der Waals surface area contributed by atoms with Gasteiger partial charge < -0.3 is 9.47 Å². The van der Waals surface area contributed by atoms with Crippen molar-refractivity contribution in [2.75, 3.05) is 6.61 Å². The molecule has 0 aliphatic heterocycles. The quantitative estimate of drug-likeness (QED) is 0.780. The van der Waals surface area contributed by atoms with Crippen LogP contribution in [0, 0.1) is 12.3 Å². The van der Waals surface area contributed by atoms with Crippen molar-refractivity contribution in [3.05, 3.63) is 17.5 Å². The van der Waals surface area contributed by atoms with Crippen molar-refractivity contribution in [3.8, 4) is 0 Å². The standard InChI is InChI=1S/C13H20N2O4/c1-6-18-11(16)10-9(2)7-15(14-10)8-19-12(17)13(3,4)5/h7H,6,8H2,1-5H3. The molecular formula is C13H20N2O4. The zero-order valence-corrected chi connectivity index (χ0v) is 12.0. The number of esters is 2. The van der Waals surface area contributed by atoms with Gasteiger partial charge in [-0.1, -0.05) is 0 Å². The van der Waals surface area contributed by atoms with Gasteiger partial charge in [0.15, 0.2) is 12.4 Å². The maximum absolute atomic E-state index is 11.6. The molecule has 106 valence electrons. The molecule has 0 atom stereocenters. The van der Waals surface area contributed by atoms with Crippen LogP contribution in [-0.2, 0) is 21.0 Å². The summed E-state index contributed by atoms with van der Waals surface area (Å²) in [6, 6.07) is 0. The van der Waals surface area contributed by atoms with E-state index in [1.54, 1.807) is 40.8 Å². The van der Waals surface area contributed by atoms with E-state index in [4.69, 9.17) is 9.47 Å². The highest BCUT2D eigenvalue weighted by Gasteiger charge is 2.23. The van der Waals surface area contributed by atoms with Gasteiger partial charge in [0.2, 0.25) is 0 Å². The third kappa shape index (κ3) is 4.08. The van der Waals surface area contributed by atoms with Crippen LogP contribution in [0.5, 0.6) is 0 Å². The van der Waals surface area contributed by atoms with Crippen LogP contribution in [-0.4, -0.2) is 28.3 Å². The first kappa shape index (κ1) is 15.2. The second-order valence-corrected chi connectivity index (χ2v) is 5.23. The molecule has 0 radical (unpaired) electrons. The van der Waals surface area contributed by atoms with Gasteiger partial charge in [0.25, 0.3) is 0 Å². The SMILES string of the molecule is CCOC(=O)c1nn(COC(=O)C(C)(C)C)cc1C. The largest absolute Gasteiger partial charge is 0.461 e. The lowest BCUT2D eigenvalue weighted by Gasteiger charge is -2.16. The van der Waals surface area contributed by atoms with Gasteiger partial charge in [-0.2, -0.15) is 5.10 Å². The predicted octanol–water partition coefficient (Wildman–Crippen LogP) is 1.92. The lowest BCUT2D eigenvalue weighted by Crippen LogP contribution is -2.24. The number of hydrogen-bond acceptors (Lipinski definition) is 5. The normalized spacial score (nSPS) is 11.2. The predicted molar refractivity (Wildman–Crippen MR) is 68.5 cm³/mol. The summed E-state index contributed by atoms with van der Waals surface area (Å²) in [5, 5.41) is 4.05. The zero-order chi connectivity index (χ0) is 14.6. The van der Waals surface area contributed by atoms with E-state index in [2.05, 4.69) is 5.10 Å². The van der Waals surface area contributed by atoms with Crippen molar-refractivity contribution in [2.24, 2.45) is 5.41 Å². The van der Waals surface area contributed by atoms with Gasteiger partial charge in [-0.15, -0.1) is 0 Å². The first-order valence-electron chi connectivity index (χ1n) is 6.14. The van der Waals surface area contributed by atoms with E-state index in [1.807, 2.05) is 0 Å². The van der Waals surface area contributed by atoms with Crippen LogP contribution in [0.4, 0.5) is 0 Å². The van der Waals surface area contributed by atoms with E-state index < -0.39 is 11.4 Å². The van der Waals surface area contributed by atoms with Gasteiger partial charge in [-0.25, -0.2) is 9.48 Å². The highest BCUT2D eigenvalue weighted by atomic mass is 16.5. The van der Waals surface area contributed by atoms with Crippen molar-refractivity contribution in [3.63, 3.8) is 0 Å². The second kappa shape index (κ2) is 5.86. The summed E-state index contributed by atoms with van der Waals surface area (Å²) in [6.07, 6.45) is 1.64. The van der Waals surface area contributed by atoms with Crippen LogP contribution in [0.1, 0.15) is 43.7 Å². The van der Waals surface area contributed by atoms with Crippen LogP contribution in [0.25, 0.3) is 0 Å². The lowest BCUT2D eigenvalue weighted by atomic mass is 9.98. The molecular weight excluding hydrogens is 248 g/mol. The second-order valence-electron chi connectivity index (χ2n) is 5.23. The Balaban J connectivity index is 2.69. The van der Waals surface area contributed by atoms with Gasteiger partial charge >= 0.3 is 11.9 Å². The molecule has 6 heteroatoms. The number of aryl methyl sites for hydroxylation is 1. The van der Waals surface area contributed by atoms with Crippen LogP contribution in [0.15, 0.2) is 6.20 Å². The Bertz CT molecular complexity index is 471. The van der Waals surface area contributed by atoms with Crippen molar-refractivity contribution in [1.29, 1.82) is 0 Å². The Morgan fingerprint density at radius 2 is 1.95 bits per heavy atom. The molecule has 0 unspecified atom stereocenters. The Morgan fingerprint density at radius 3 is 2.47 bits per heavy atom. The molecule has 0 amide bonds. The molecule has 1 rings (SSSR count). The first-order chi connectivity index (χ1) is 8.75. The summed E-state index contributed by atoms with van der Waals surface area (Å²) in [6.45, 7) is 9.08. The van der Waals surface area contributed by atoms with Gasteiger partial charge in [0.05, 0.1) is 12.0 Å². The average molecular weight is 268 g/mol. The Kier molecular flexibility index (Phi) is 4.69. The van der Waals surface area contributed by atoms with Gasteiger partial charge in [0.1, 0.15) is 0 Å². The average Bonchev–Trinajstić information content (AvgIpc) is 2.66. The Labute approximate surface area is 112 Å². The van der Waals surface area contributed by atoms with Gasteiger partial charge in [0, 0.05) is 11.8 Å². The minimum Gasteiger partial charge on any atom is -0.461 e. The monoisotopic (exact) mass is 268 g/mol. The highest BCUT2D eigenvalue weighted by Crippen LogP contribution is 2.15. The summed E-state index contributed by atoms with van der Waals surface area (Å²) in [5.41, 5.74) is 0.366. The number of nitrogens with zero attached hydrogens (tertiary/aromatic N) is 2. The van der Waals surface area contributed by atoms with Crippen molar-refractivity contribution < 1.29 is 19.1 Å². The van der Waals surface area contributed by atoms with E-state index >= 15 is 0 Å². The summed E-state index contributed by atoms with van der Waals surface area (Å²) in [4.78, 5) is 23.2. The number of aromatic nitrogens is 2. The van der Waals surface area contributed by atoms with E-state index in [9.17, 15) is 9.59 Å². The van der Waals surface area contributed by atoms with Crippen LogP contribution in [0.3, 0.4) is 0 Å². The summed E-state index contributed by atoms with van der Waals surface area (Å²) in [7, 11) is 0. The number of carbonyl (C=O) groups is 2. The molecule has 6 nitrogen and oxygen atoms in total. The number of rotatable bonds is 4. The third-order valence-electron chi connectivity index (χ3n) is 2.35. The molecule has 1 aromatic rings. The Hall–Kier alpha value is -1.85. The lowest BCUT2D eigenvalue weighted by molar-refractivity contribution is -0.157. The summed E-state index contributed by atoms with van der Waals surface area (Å²) < 4.78 is 11.4. The maximum atomic E-state index is 11.6. The van der Waals surface area contributed by atoms with Gasteiger partial charge in [-0.05, 0) is 34.6 Å². The fourth-order valence-electron chi connectivity index (χ4n) is 1.33. The van der Waals surface area contributed by atoms with Gasteiger partial charge in [-0.3, -0.25) is 4.79 Å². The molecule has 0 spiro atoms. The molecule has 19 heavy (non-hydrogen) atoms. The zero-order valence-electron chi connectivity index (χ0n) is 12.0. The molecule has 1 aromatic heterocycles. The van der Waals surface area contributed by atoms with Crippen LogP contribution >= 0.6 is 0 Å². The number of hydrogen-bond donors (Lipinski definition) is 0. The van der Waals surface area contributed by atoms with E-state index in [0.717, 1.165) is 0 Å². The molecule has 0 saturated heterocycles. The van der Waals surface area contributed by atoms with Crippen molar-refractivity contribution in [1.82, 2.24) is 9.78 Å². The smallest absolute Gasteiger partial charge is 0.359 e. The van der Waals surface area contributed by atoms with Crippen molar-refractivity contribution in [2.45, 2.75) is 41.3 Å². The van der Waals surface area contributed by atoms with E-state index in [0.29, 0.717) is 12.2 Å². The molecule has 0 aromatic carbocycles. The summed E-state index contributed by atoms with van der Waals surface area (Å²) >= 11 is 0.